The van der Waals surface area contributed by atoms with Gasteiger partial charge in [0.25, 0.3) is 10.1 Å². The molecule has 1 aromatic carbocycles. The van der Waals surface area contributed by atoms with E-state index in [4.69, 9.17) is 8.92 Å². The number of rotatable bonds is 3. The molecule has 1 amide bonds. The Morgan fingerprint density at radius 3 is 2.43 bits per heavy atom. The molecule has 6 nitrogen and oxygen atoms in total. The molecule has 2 unspecified atom stereocenters. The third-order valence-corrected chi connectivity index (χ3v) is 4.14. The molecule has 0 radical (unpaired) electrons. The van der Waals surface area contributed by atoms with Crippen LogP contribution in [0.25, 0.3) is 0 Å². The standard InChI is InChI=1S/C16H23NO5S/c1-16(2,3)21-15(18)17(4)14-12-9-7-6-8-11(12)10-13(14)22-23(5,19)20/h6-9,13-14H,10H2,1-5H3. The van der Waals surface area contributed by atoms with E-state index in [1.807, 2.05) is 24.3 Å². The van der Waals surface area contributed by atoms with Crippen molar-refractivity contribution in [2.45, 2.75) is 44.9 Å². The van der Waals surface area contributed by atoms with Gasteiger partial charge in [0, 0.05) is 13.5 Å². The Morgan fingerprint density at radius 1 is 1.26 bits per heavy atom. The molecular formula is C16H23NO5S. The Bertz CT molecular complexity index is 693. The predicted octanol–water partition coefficient (Wildman–Crippen LogP) is 2.50. The molecule has 0 fully saturated rings. The molecule has 2 atom stereocenters. The van der Waals surface area contributed by atoms with Gasteiger partial charge in [-0.15, -0.1) is 0 Å². The molecule has 0 saturated carbocycles. The maximum absolute atomic E-state index is 12.4. The Kier molecular flexibility index (Phi) is 4.73. The van der Waals surface area contributed by atoms with Crippen molar-refractivity contribution in [1.82, 2.24) is 4.90 Å². The van der Waals surface area contributed by atoms with E-state index in [2.05, 4.69) is 0 Å². The molecule has 1 aromatic rings. The van der Waals surface area contributed by atoms with Gasteiger partial charge in [0.15, 0.2) is 0 Å². The van der Waals surface area contributed by atoms with E-state index in [9.17, 15) is 13.2 Å². The molecule has 0 saturated heterocycles. The number of likely N-dealkylation sites (N-methyl/N-ethyl adjacent to an activating group) is 1. The summed E-state index contributed by atoms with van der Waals surface area (Å²) in [7, 11) is -2.03. The van der Waals surface area contributed by atoms with Crippen LogP contribution >= 0.6 is 0 Å². The van der Waals surface area contributed by atoms with Crippen LogP contribution in [-0.4, -0.2) is 44.4 Å². The fourth-order valence-electron chi connectivity index (χ4n) is 2.75. The van der Waals surface area contributed by atoms with Gasteiger partial charge >= 0.3 is 6.09 Å². The van der Waals surface area contributed by atoms with Gasteiger partial charge in [0.05, 0.1) is 12.3 Å². The highest BCUT2D eigenvalue weighted by atomic mass is 32.2. The lowest BCUT2D eigenvalue weighted by molar-refractivity contribution is 0.00976. The van der Waals surface area contributed by atoms with Crippen molar-refractivity contribution >= 4 is 16.2 Å². The van der Waals surface area contributed by atoms with Crippen LogP contribution in [0.1, 0.15) is 37.9 Å². The average molecular weight is 341 g/mol. The molecular weight excluding hydrogens is 318 g/mol. The minimum absolute atomic E-state index is 0.432. The Labute approximate surface area is 137 Å². The van der Waals surface area contributed by atoms with Crippen LogP contribution in [0, 0.1) is 0 Å². The summed E-state index contributed by atoms with van der Waals surface area (Å²) >= 11 is 0. The number of hydrogen-bond donors (Lipinski definition) is 0. The summed E-state index contributed by atoms with van der Waals surface area (Å²) in [4.78, 5) is 13.8. The SMILES string of the molecule is CN(C(=O)OC(C)(C)C)C1c2ccccc2CC1OS(C)(=O)=O. The van der Waals surface area contributed by atoms with E-state index in [0.717, 1.165) is 17.4 Å². The van der Waals surface area contributed by atoms with Crippen LogP contribution in [0.5, 0.6) is 0 Å². The van der Waals surface area contributed by atoms with Gasteiger partial charge < -0.3 is 9.64 Å². The maximum atomic E-state index is 12.4. The summed E-state index contributed by atoms with van der Waals surface area (Å²) in [6.07, 6.45) is 0.280. The van der Waals surface area contributed by atoms with Gasteiger partial charge in [-0.3, -0.25) is 4.18 Å². The van der Waals surface area contributed by atoms with Crippen molar-refractivity contribution in [3.05, 3.63) is 35.4 Å². The lowest BCUT2D eigenvalue weighted by Crippen LogP contribution is -2.40. The first-order valence-corrected chi connectivity index (χ1v) is 9.21. The highest BCUT2D eigenvalue weighted by Crippen LogP contribution is 2.38. The third kappa shape index (κ3) is 4.45. The van der Waals surface area contributed by atoms with Crippen molar-refractivity contribution in [2.75, 3.05) is 13.3 Å². The van der Waals surface area contributed by atoms with Crippen LogP contribution < -0.4 is 0 Å². The summed E-state index contributed by atoms with van der Waals surface area (Å²) in [5.74, 6) is 0. The summed E-state index contributed by atoms with van der Waals surface area (Å²) < 4.78 is 33.7. The maximum Gasteiger partial charge on any atom is 0.410 e. The molecule has 0 bridgehead atoms. The van der Waals surface area contributed by atoms with Gasteiger partial charge in [0.1, 0.15) is 11.7 Å². The van der Waals surface area contributed by atoms with Crippen molar-refractivity contribution in [3.63, 3.8) is 0 Å². The Balaban J connectivity index is 2.32. The first kappa shape index (κ1) is 17.7. The topological polar surface area (TPSA) is 72.9 Å². The zero-order valence-corrected chi connectivity index (χ0v) is 14.9. The molecule has 7 heteroatoms. The van der Waals surface area contributed by atoms with E-state index in [1.165, 1.54) is 4.90 Å². The normalized spacial score (nSPS) is 20.9. The first-order valence-electron chi connectivity index (χ1n) is 7.40. The number of fused-ring (bicyclic) bond motifs is 1. The number of hydrogen-bond acceptors (Lipinski definition) is 5. The minimum atomic E-state index is -3.63. The van der Waals surface area contributed by atoms with Crippen molar-refractivity contribution in [3.8, 4) is 0 Å². The predicted molar refractivity (Wildman–Crippen MR) is 86.6 cm³/mol. The second-order valence-electron chi connectivity index (χ2n) is 6.78. The number of amides is 1. The van der Waals surface area contributed by atoms with Gasteiger partial charge in [-0.2, -0.15) is 8.42 Å². The second kappa shape index (κ2) is 6.13. The Morgan fingerprint density at radius 2 is 1.87 bits per heavy atom. The van der Waals surface area contributed by atoms with Crippen LogP contribution in [0.3, 0.4) is 0 Å². The number of nitrogens with zero attached hydrogens (tertiary/aromatic N) is 1. The van der Waals surface area contributed by atoms with E-state index >= 15 is 0 Å². The molecule has 1 aliphatic rings. The fourth-order valence-corrected chi connectivity index (χ4v) is 3.38. The summed E-state index contributed by atoms with van der Waals surface area (Å²) in [5, 5.41) is 0. The molecule has 0 aromatic heterocycles. The first-order chi connectivity index (χ1) is 10.5. The highest BCUT2D eigenvalue weighted by Gasteiger charge is 2.40. The number of benzene rings is 1. The van der Waals surface area contributed by atoms with Crippen molar-refractivity contribution in [2.24, 2.45) is 0 Å². The van der Waals surface area contributed by atoms with E-state index in [0.29, 0.717) is 6.42 Å². The fraction of sp³-hybridized carbons (Fsp3) is 0.562. The van der Waals surface area contributed by atoms with Crippen LogP contribution in [0.15, 0.2) is 24.3 Å². The van der Waals surface area contributed by atoms with E-state index in [-0.39, 0.29) is 0 Å². The summed E-state index contributed by atoms with van der Waals surface area (Å²) in [6, 6.07) is 7.03. The highest BCUT2D eigenvalue weighted by molar-refractivity contribution is 7.86. The van der Waals surface area contributed by atoms with Gasteiger partial charge in [-0.05, 0) is 31.9 Å². The van der Waals surface area contributed by atoms with E-state index < -0.39 is 34.0 Å². The lowest BCUT2D eigenvalue weighted by Gasteiger charge is -2.31. The second-order valence-corrected chi connectivity index (χ2v) is 8.38. The molecule has 2 rings (SSSR count). The van der Waals surface area contributed by atoms with Crippen LogP contribution in [0.4, 0.5) is 4.79 Å². The van der Waals surface area contributed by atoms with Crippen LogP contribution in [-0.2, 0) is 25.5 Å². The molecule has 23 heavy (non-hydrogen) atoms. The monoisotopic (exact) mass is 341 g/mol. The molecule has 128 valence electrons. The van der Waals surface area contributed by atoms with E-state index in [1.54, 1.807) is 27.8 Å². The molecule has 0 N–H and O–H groups in total. The average Bonchev–Trinajstić information content (AvgIpc) is 2.71. The van der Waals surface area contributed by atoms with Gasteiger partial charge in [-0.25, -0.2) is 4.79 Å². The molecule has 1 aliphatic carbocycles. The zero-order chi connectivity index (χ0) is 17.4. The largest absolute Gasteiger partial charge is 0.444 e. The Hall–Kier alpha value is -1.60. The quantitative estimate of drug-likeness (QED) is 0.790. The van der Waals surface area contributed by atoms with Gasteiger partial charge in [-0.1, -0.05) is 24.3 Å². The summed E-state index contributed by atoms with van der Waals surface area (Å²) in [6.45, 7) is 5.35. The van der Waals surface area contributed by atoms with Crippen molar-refractivity contribution < 1.29 is 22.1 Å². The van der Waals surface area contributed by atoms with Crippen LogP contribution in [0.2, 0.25) is 0 Å². The third-order valence-electron chi connectivity index (χ3n) is 3.54. The number of carbonyl (C=O) groups excluding carboxylic acids is 1. The van der Waals surface area contributed by atoms with Gasteiger partial charge in [0.2, 0.25) is 0 Å². The smallest absolute Gasteiger partial charge is 0.410 e. The number of ether oxygens (including phenoxy) is 1. The molecule has 0 heterocycles. The molecule has 0 spiro atoms. The zero-order valence-electron chi connectivity index (χ0n) is 14.1. The van der Waals surface area contributed by atoms with Crippen molar-refractivity contribution in [1.29, 1.82) is 0 Å². The molecule has 0 aliphatic heterocycles. The minimum Gasteiger partial charge on any atom is -0.444 e. The summed E-state index contributed by atoms with van der Waals surface area (Å²) in [5.41, 5.74) is 1.23. The lowest BCUT2D eigenvalue weighted by atomic mass is 10.1. The number of carbonyl (C=O) groups is 1.